The topological polar surface area (TPSA) is 37.3 Å². The molecule has 1 aromatic carbocycles. The summed E-state index contributed by atoms with van der Waals surface area (Å²) in [5, 5.41) is 6.89. The molecule has 0 aliphatic heterocycles. The van der Waals surface area contributed by atoms with E-state index in [1.807, 2.05) is 0 Å². The summed E-state index contributed by atoms with van der Waals surface area (Å²) in [6.07, 6.45) is 2.81. The Labute approximate surface area is 91.1 Å². The van der Waals surface area contributed by atoms with Gasteiger partial charge in [-0.1, -0.05) is 12.1 Å². The van der Waals surface area contributed by atoms with Crippen LogP contribution >= 0.6 is 22.6 Å². The Kier molecular flexibility index (Phi) is 4.21. The first kappa shape index (κ1) is 10.5. The van der Waals surface area contributed by atoms with E-state index in [1.165, 1.54) is 22.0 Å². The van der Waals surface area contributed by atoms with Crippen LogP contribution in [0.15, 0.2) is 24.3 Å². The lowest BCUT2D eigenvalue weighted by molar-refractivity contribution is -0.122. The van der Waals surface area contributed by atoms with Crippen molar-refractivity contribution >= 4 is 29.1 Å². The van der Waals surface area contributed by atoms with Gasteiger partial charge in [0, 0.05) is 3.57 Å². The molecule has 1 aliphatic rings. The van der Waals surface area contributed by atoms with E-state index in [2.05, 4.69) is 46.9 Å². The maximum atomic E-state index is 8.36. The van der Waals surface area contributed by atoms with Gasteiger partial charge in [0.2, 0.25) is 0 Å². The molecular formula is C10H11IO2. The van der Waals surface area contributed by atoms with E-state index < -0.39 is 0 Å². The molecule has 0 atom stereocenters. The fourth-order valence-corrected chi connectivity index (χ4v) is 1.51. The fraction of sp³-hybridized carbons (Fsp3) is 0.300. The highest BCUT2D eigenvalue weighted by Gasteiger charge is 2.22. The van der Waals surface area contributed by atoms with Gasteiger partial charge in [0.25, 0.3) is 6.47 Å². The average Bonchev–Trinajstić information content (AvgIpc) is 2.90. The first-order valence-corrected chi connectivity index (χ1v) is 5.19. The predicted molar refractivity (Wildman–Crippen MR) is 59.8 cm³/mol. The number of carboxylic acid groups (broad SMARTS) is 1. The molecule has 0 saturated heterocycles. The lowest BCUT2D eigenvalue weighted by Gasteiger charge is -1.95. The van der Waals surface area contributed by atoms with E-state index in [0.717, 1.165) is 5.92 Å². The van der Waals surface area contributed by atoms with Crippen molar-refractivity contribution in [3.05, 3.63) is 33.4 Å². The smallest absolute Gasteiger partial charge is 0.290 e. The normalized spacial score (nSPS) is 14.2. The Morgan fingerprint density at radius 3 is 2.15 bits per heavy atom. The molecule has 2 rings (SSSR count). The molecule has 0 spiro atoms. The van der Waals surface area contributed by atoms with Crippen molar-refractivity contribution in [2.24, 2.45) is 0 Å². The Bertz CT molecular complexity index is 265. The van der Waals surface area contributed by atoms with Crippen LogP contribution in [-0.4, -0.2) is 11.6 Å². The van der Waals surface area contributed by atoms with Crippen molar-refractivity contribution in [3.8, 4) is 0 Å². The second-order valence-corrected chi connectivity index (χ2v) is 4.18. The monoisotopic (exact) mass is 290 g/mol. The lowest BCUT2D eigenvalue weighted by Crippen LogP contribution is -1.77. The highest BCUT2D eigenvalue weighted by Crippen LogP contribution is 2.39. The van der Waals surface area contributed by atoms with Gasteiger partial charge in [0.05, 0.1) is 0 Å². The van der Waals surface area contributed by atoms with Crippen LogP contribution in [0.25, 0.3) is 0 Å². The third-order valence-electron chi connectivity index (χ3n) is 1.92. The maximum absolute atomic E-state index is 8.36. The molecule has 0 aromatic heterocycles. The van der Waals surface area contributed by atoms with Crippen LogP contribution in [-0.2, 0) is 4.79 Å². The Balaban J connectivity index is 0.000000251. The van der Waals surface area contributed by atoms with Crippen molar-refractivity contribution in [2.45, 2.75) is 18.8 Å². The van der Waals surface area contributed by atoms with Crippen molar-refractivity contribution in [1.82, 2.24) is 0 Å². The van der Waals surface area contributed by atoms with Crippen molar-refractivity contribution < 1.29 is 9.90 Å². The summed E-state index contributed by atoms with van der Waals surface area (Å²) >= 11 is 2.34. The number of carbonyl (C=O) groups is 1. The van der Waals surface area contributed by atoms with Gasteiger partial charge >= 0.3 is 0 Å². The molecule has 2 nitrogen and oxygen atoms in total. The number of halogens is 1. The summed E-state index contributed by atoms with van der Waals surface area (Å²) in [5.41, 5.74) is 1.53. The lowest BCUT2D eigenvalue weighted by atomic mass is 10.1. The van der Waals surface area contributed by atoms with E-state index in [-0.39, 0.29) is 6.47 Å². The standard InChI is InChI=1S/C9H9I.CH2O2/c10-9-5-3-8(4-6-9)7-1-2-7;2-1-3/h3-7H,1-2H2;1H,(H,2,3). The molecule has 3 heteroatoms. The van der Waals surface area contributed by atoms with Crippen molar-refractivity contribution in [1.29, 1.82) is 0 Å². The zero-order valence-corrected chi connectivity index (χ0v) is 9.27. The zero-order chi connectivity index (χ0) is 9.68. The van der Waals surface area contributed by atoms with Crippen LogP contribution in [0.4, 0.5) is 0 Å². The summed E-state index contributed by atoms with van der Waals surface area (Å²) in [6.45, 7) is -0.250. The summed E-state index contributed by atoms with van der Waals surface area (Å²) in [7, 11) is 0. The Hall–Kier alpha value is -0.580. The molecule has 1 fully saturated rings. The summed E-state index contributed by atoms with van der Waals surface area (Å²) in [6, 6.07) is 8.88. The van der Waals surface area contributed by atoms with E-state index in [0.29, 0.717) is 0 Å². The molecule has 0 bridgehead atoms. The maximum Gasteiger partial charge on any atom is 0.290 e. The SMILES string of the molecule is Ic1ccc(C2CC2)cc1.O=CO. The molecular weight excluding hydrogens is 279 g/mol. The third kappa shape index (κ3) is 3.76. The molecule has 1 aliphatic carbocycles. The first-order valence-electron chi connectivity index (χ1n) is 4.11. The van der Waals surface area contributed by atoms with Gasteiger partial charge in [0.15, 0.2) is 0 Å². The number of benzene rings is 1. The summed E-state index contributed by atoms with van der Waals surface area (Å²) in [5.74, 6) is 0.900. The van der Waals surface area contributed by atoms with Gasteiger partial charge in [0.1, 0.15) is 0 Å². The molecule has 0 radical (unpaired) electrons. The number of rotatable bonds is 1. The Morgan fingerprint density at radius 2 is 1.77 bits per heavy atom. The van der Waals surface area contributed by atoms with Crippen LogP contribution in [0, 0.1) is 3.57 Å². The van der Waals surface area contributed by atoms with Gasteiger partial charge in [-0.05, 0) is 59.0 Å². The molecule has 70 valence electrons. The summed E-state index contributed by atoms with van der Waals surface area (Å²) in [4.78, 5) is 8.36. The van der Waals surface area contributed by atoms with E-state index in [1.54, 1.807) is 0 Å². The molecule has 1 N–H and O–H groups in total. The quantitative estimate of drug-likeness (QED) is 0.638. The summed E-state index contributed by atoms with van der Waals surface area (Å²) < 4.78 is 1.34. The molecule has 0 unspecified atom stereocenters. The largest absolute Gasteiger partial charge is 0.483 e. The van der Waals surface area contributed by atoms with Gasteiger partial charge in [-0.2, -0.15) is 0 Å². The fourth-order valence-electron chi connectivity index (χ4n) is 1.15. The number of hydrogen-bond donors (Lipinski definition) is 1. The predicted octanol–water partition coefficient (Wildman–Crippen LogP) is 2.87. The van der Waals surface area contributed by atoms with Gasteiger partial charge < -0.3 is 5.11 Å². The minimum Gasteiger partial charge on any atom is -0.483 e. The average molecular weight is 290 g/mol. The van der Waals surface area contributed by atoms with Crippen LogP contribution in [0.2, 0.25) is 0 Å². The second-order valence-electron chi connectivity index (χ2n) is 2.93. The van der Waals surface area contributed by atoms with Crippen LogP contribution in [0.3, 0.4) is 0 Å². The highest BCUT2D eigenvalue weighted by molar-refractivity contribution is 14.1. The van der Waals surface area contributed by atoms with Crippen LogP contribution < -0.4 is 0 Å². The molecule has 0 amide bonds. The minimum atomic E-state index is -0.250. The van der Waals surface area contributed by atoms with Gasteiger partial charge in [-0.25, -0.2) is 0 Å². The van der Waals surface area contributed by atoms with Gasteiger partial charge in [-0.15, -0.1) is 0 Å². The molecule has 0 heterocycles. The highest BCUT2D eigenvalue weighted by atomic mass is 127. The second kappa shape index (κ2) is 5.21. The molecule has 13 heavy (non-hydrogen) atoms. The van der Waals surface area contributed by atoms with Crippen molar-refractivity contribution in [3.63, 3.8) is 0 Å². The van der Waals surface area contributed by atoms with Gasteiger partial charge in [-0.3, -0.25) is 4.79 Å². The number of hydrogen-bond acceptors (Lipinski definition) is 1. The zero-order valence-electron chi connectivity index (χ0n) is 7.11. The van der Waals surface area contributed by atoms with Crippen molar-refractivity contribution in [2.75, 3.05) is 0 Å². The van der Waals surface area contributed by atoms with E-state index in [4.69, 9.17) is 9.90 Å². The van der Waals surface area contributed by atoms with E-state index >= 15 is 0 Å². The van der Waals surface area contributed by atoms with E-state index in [9.17, 15) is 0 Å². The molecule has 1 aromatic rings. The first-order chi connectivity index (χ1) is 6.27. The van der Waals surface area contributed by atoms with Crippen LogP contribution in [0.1, 0.15) is 24.3 Å². The molecule has 1 saturated carbocycles. The van der Waals surface area contributed by atoms with Crippen LogP contribution in [0.5, 0.6) is 0 Å². The Morgan fingerprint density at radius 1 is 1.31 bits per heavy atom. The third-order valence-corrected chi connectivity index (χ3v) is 2.64. The minimum absolute atomic E-state index is 0.250.